The summed E-state index contributed by atoms with van der Waals surface area (Å²) in [4.78, 5) is 43.5. The molecule has 1 aliphatic heterocycles. The summed E-state index contributed by atoms with van der Waals surface area (Å²) in [5.74, 6) is 0.506. The van der Waals surface area contributed by atoms with E-state index in [1.807, 2.05) is 25.8 Å². The third kappa shape index (κ3) is 10.6. The molecular formula is C37H51Cl2N7O5. The van der Waals surface area contributed by atoms with Crippen molar-refractivity contribution in [1.82, 2.24) is 20.2 Å². The lowest BCUT2D eigenvalue weighted by atomic mass is 9.83. The number of Topliss-reactive ketones (excluding diaryl/α,β-unsaturated/α-hetero) is 1. The van der Waals surface area contributed by atoms with Crippen LogP contribution in [0.15, 0.2) is 39.7 Å². The van der Waals surface area contributed by atoms with Crippen molar-refractivity contribution in [3.8, 4) is 5.75 Å². The molecular weight excluding hydrogens is 693 g/mol. The van der Waals surface area contributed by atoms with Crippen LogP contribution in [0.25, 0.3) is 0 Å². The van der Waals surface area contributed by atoms with Crippen LogP contribution in [0.5, 0.6) is 5.75 Å². The Kier molecular flexibility index (Phi) is 12.7. The maximum atomic E-state index is 13.6. The molecule has 1 amide bonds. The van der Waals surface area contributed by atoms with Gasteiger partial charge in [-0.25, -0.2) is 10.0 Å². The molecule has 1 fully saturated rings. The second-order valence-corrected chi connectivity index (χ2v) is 16.4. The van der Waals surface area contributed by atoms with Crippen LogP contribution in [-0.2, 0) is 18.4 Å². The number of hydrazine groups is 1. The average molecular weight is 745 g/mol. The summed E-state index contributed by atoms with van der Waals surface area (Å²) >= 11 is 13.1. The van der Waals surface area contributed by atoms with Gasteiger partial charge in [-0.1, -0.05) is 71.7 Å². The minimum atomic E-state index is -0.675. The first kappa shape index (κ1) is 39.9. The summed E-state index contributed by atoms with van der Waals surface area (Å²) in [7, 11) is 1.81. The predicted octanol–water partition coefficient (Wildman–Crippen LogP) is 6.67. The van der Waals surface area contributed by atoms with E-state index in [1.165, 1.54) is 0 Å². The number of nitrogens with two attached hydrogens (primary N) is 2. The number of furan rings is 1. The fourth-order valence-electron chi connectivity index (χ4n) is 6.45. The molecule has 1 saturated heterocycles. The largest absolute Gasteiger partial charge is 0.484 e. The minimum Gasteiger partial charge on any atom is -0.484 e. The number of nitrogens with one attached hydrogen (secondary N) is 1. The fourth-order valence-corrected chi connectivity index (χ4v) is 6.91. The molecule has 278 valence electrons. The highest BCUT2D eigenvalue weighted by Crippen LogP contribution is 2.37. The molecule has 2 aromatic heterocycles. The van der Waals surface area contributed by atoms with E-state index in [0.717, 1.165) is 25.0 Å². The molecule has 1 aliphatic rings. The van der Waals surface area contributed by atoms with Crippen molar-refractivity contribution in [2.75, 3.05) is 13.1 Å². The second-order valence-electron chi connectivity index (χ2n) is 15.7. The Balaban J connectivity index is 1.36. The van der Waals surface area contributed by atoms with E-state index in [1.54, 1.807) is 42.1 Å². The van der Waals surface area contributed by atoms with Gasteiger partial charge in [-0.15, -0.1) is 0 Å². The van der Waals surface area contributed by atoms with E-state index in [2.05, 4.69) is 43.2 Å². The lowest BCUT2D eigenvalue weighted by Crippen LogP contribution is -2.50. The summed E-state index contributed by atoms with van der Waals surface area (Å²) in [5, 5.41) is 6.53. The summed E-state index contributed by atoms with van der Waals surface area (Å²) in [5.41, 5.74) is 15.2. The van der Waals surface area contributed by atoms with E-state index in [9.17, 15) is 14.4 Å². The number of hydrogen-bond acceptors (Lipinski definition) is 8. The third-order valence-corrected chi connectivity index (χ3v) is 9.62. The summed E-state index contributed by atoms with van der Waals surface area (Å²) in [6.45, 7) is 15.3. The molecule has 14 heteroatoms. The normalized spacial score (nSPS) is 15.6. The fraction of sp³-hybridized carbons (Fsp3) is 0.541. The van der Waals surface area contributed by atoms with Crippen molar-refractivity contribution in [3.63, 3.8) is 0 Å². The molecule has 0 radical (unpaired) electrons. The molecule has 5 N–H and O–H groups in total. The minimum absolute atomic E-state index is 0.0143. The maximum Gasteiger partial charge on any atom is 0.259 e. The number of carbonyl (C=O) groups excluding carboxylic acids is 3. The van der Waals surface area contributed by atoms with Gasteiger partial charge in [0.25, 0.3) is 5.91 Å². The summed E-state index contributed by atoms with van der Waals surface area (Å²) in [6.07, 6.45) is 2.95. The number of ether oxygens (including phenoxy) is 1. The molecule has 51 heavy (non-hydrogen) atoms. The quantitative estimate of drug-likeness (QED) is 0.0982. The number of ketones is 2. The Morgan fingerprint density at radius 1 is 1.06 bits per heavy atom. The molecule has 12 nitrogen and oxygen atoms in total. The number of carbonyl (C=O) groups is 3. The Labute approximate surface area is 310 Å². The van der Waals surface area contributed by atoms with Crippen LogP contribution in [0.3, 0.4) is 0 Å². The first-order chi connectivity index (χ1) is 23.7. The Bertz CT molecular complexity index is 1760. The van der Waals surface area contributed by atoms with Crippen LogP contribution in [0.1, 0.15) is 118 Å². The van der Waals surface area contributed by atoms with Crippen molar-refractivity contribution < 1.29 is 23.5 Å². The number of nitrogens with zero attached hydrogens (tertiary/aromatic N) is 4. The smallest absolute Gasteiger partial charge is 0.259 e. The van der Waals surface area contributed by atoms with Crippen LogP contribution >= 0.6 is 23.2 Å². The average Bonchev–Trinajstić information content (AvgIpc) is 3.66. The van der Waals surface area contributed by atoms with E-state index in [0.29, 0.717) is 25.3 Å². The van der Waals surface area contributed by atoms with E-state index < -0.39 is 11.5 Å². The lowest BCUT2D eigenvalue weighted by Gasteiger charge is -2.33. The topological polar surface area (TPSA) is 171 Å². The van der Waals surface area contributed by atoms with Gasteiger partial charge >= 0.3 is 0 Å². The number of amides is 1. The van der Waals surface area contributed by atoms with Gasteiger partial charge in [0.05, 0.1) is 5.02 Å². The number of benzene rings is 1. The van der Waals surface area contributed by atoms with Gasteiger partial charge < -0.3 is 20.6 Å². The van der Waals surface area contributed by atoms with Crippen LogP contribution < -0.4 is 21.6 Å². The molecule has 0 saturated carbocycles. The van der Waals surface area contributed by atoms with Gasteiger partial charge in [0.1, 0.15) is 34.9 Å². The summed E-state index contributed by atoms with van der Waals surface area (Å²) < 4.78 is 13.2. The first-order valence-electron chi connectivity index (χ1n) is 17.2. The zero-order valence-electron chi connectivity index (χ0n) is 30.8. The molecule has 0 aliphatic carbocycles. The van der Waals surface area contributed by atoms with Gasteiger partial charge in [-0.05, 0) is 67.3 Å². The highest BCUT2D eigenvalue weighted by atomic mass is 35.5. The number of aromatic nitrogens is 2. The van der Waals surface area contributed by atoms with Gasteiger partial charge in [0.2, 0.25) is 11.6 Å². The second kappa shape index (κ2) is 16.2. The first-order valence-corrected chi connectivity index (χ1v) is 18.0. The van der Waals surface area contributed by atoms with E-state index in [-0.39, 0.29) is 80.1 Å². The monoisotopic (exact) mass is 743 g/mol. The zero-order chi connectivity index (χ0) is 37.8. The van der Waals surface area contributed by atoms with Crippen molar-refractivity contribution in [2.45, 2.75) is 92.7 Å². The lowest BCUT2D eigenvalue weighted by molar-refractivity contribution is -0.128. The van der Waals surface area contributed by atoms with Crippen LogP contribution in [-0.4, -0.2) is 57.4 Å². The number of halogens is 2. The molecule has 1 unspecified atom stereocenters. The highest BCUT2D eigenvalue weighted by molar-refractivity contribution is 6.45. The Morgan fingerprint density at radius 2 is 1.73 bits per heavy atom. The van der Waals surface area contributed by atoms with Crippen molar-refractivity contribution in [2.24, 2.45) is 40.3 Å². The van der Waals surface area contributed by atoms with Crippen LogP contribution in [0.4, 0.5) is 0 Å². The number of aliphatic imine (C=N–C) groups is 1. The molecule has 3 aromatic rings. The third-order valence-electron chi connectivity index (χ3n) is 8.75. The molecule has 4 rings (SSSR count). The maximum absolute atomic E-state index is 13.6. The van der Waals surface area contributed by atoms with Gasteiger partial charge in [-0.2, -0.15) is 5.10 Å². The van der Waals surface area contributed by atoms with Crippen LogP contribution in [0, 0.1) is 16.7 Å². The Hall–Kier alpha value is -3.87. The molecule has 1 aromatic carbocycles. The predicted molar refractivity (Wildman–Crippen MR) is 199 cm³/mol. The van der Waals surface area contributed by atoms with Crippen LogP contribution in [0.2, 0.25) is 10.0 Å². The SMILES string of the molecule is CC(C[C@@H](N=C(N)N)C(=O)NN1CCC(c2cc(C(=O)c3ccc(OCc4ccc(C(=O)C(C)(C)C)o4)c(Cl)c3Cl)nn2C)CC1)CC(C)(C)C. The summed E-state index contributed by atoms with van der Waals surface area (Å²) in [6, 6.07) is 7.53. The number of aryl methyl sites for hydroxylation is 1. The van der Waals surface area contributed by atoms with Gasteiger partial charge in [0, 0.05) is 42.7 Å². The van der Waals surface area contributed by atoms with Gasteiger partial charge in [0.15, 0.2) is 11.7 Å². The number of guanidine groups is 1. The van der Waals surface area contributed by atoms with Crippen molar-refractivity contribution in [3.05, 3.63) is 68.8 Å². The Morgan fingerprint density at radius 3 is 2.33 bits per heavy atom. The molecule has 3 heterocycles. The number of piperidine rings is 1. The standard InChI is InChI=1S/C37H51Cl2N7O5/c1-21(19-36(2,3)4)17-26(42-35(40)41)34(49)44-46-15-13-22(14-16-46)27-18-25(43-45(27)8)32(47)24-10-12-28(31(39)30(24)38)50-20-23-9-11-29(51-23)33(48)37(5,6)7/h9-12,18,21-22,26H,13-17,19-20H2,1-8H3,(H,44,49)(H4,40,41,42)/t21?,26-/m1/s1. The van der Waals surface area contributed by atoms with Crippen molar-refractivity contribution in [1.29, 1.82) is 0 Å². The van der Waals surface area contributed by atoms with E-state index >= 15 is 0 Å². The molecule has 0 spiro atoms. The van der Waals surface area contributed by atoms with Gasteiger partial charge in [-0.3, -0.25) is 24.5 Å². The molecule has 2 atom stereocenters. The van der Waals surface area contributed by atoms with E-state index in [4.69, 9.17) is 43.8 Å². The molecule has 0 bridgehead atoms. The highest BCUT2D eigenvalue weighted by Gasteiger charge is 2.30. The number of rotatable bonds is 13. The van der Waals surface area contributed by atoms with Crippen molar-refractivity contribution >= 4 is 46.6 Å². The zero-order valence-corrected chi connectivity index (χ0v) is 32.3. The number of hydrogen-bond donors (Lipinski definition) is 3.